The molecule has 0 amide bonds. The Balaban J connectivity index is 1.62. The smallest absolute Gasteiger partial charge is 0.224 e. The summed E-state index contributed by atoms with van der Waals surface area (Å²) in [6.07, 6.45) is 1.74. The Kier molecular flexibility index (Phi) is 6.49. The minimum Gasteiger partial charge on any atom is -0.372 e. The number of hydrogen-bond donors (Lipinski definition) is 2. The predicted octanol–water partition coefficient (Wildman–Crippen LogP) is 5.33. The van der Waals surface area contributed by atoms with Crippen LogP contribution in [0.3, 0.4) is 0 Å². The number of anilines is 4. The molecule has 0 aliphatic rings. The number of hydrogen-bond acceptors (Lipinski definition) is 5. The Hall–Kier alpha value is -2.79. The normalized spacial score (nSPS) is 10.5. The maximum Gasteiger partial charge on any atom is 0.224 e. The van der Waals surface area contributed by atoms with Crippen LogP contribution in [0, 0.1) is 0 Å². The predicted molar refractivity (Wildman–Crippen MR) is 114 cm³/mol. The molecule has 6 heteroatoms. The molecule has 3 rings (SSSR count). The van der Waals surface area contributed by atoms with Gasteiger partial charge in [-0.1, -0.05) is 23.7 Å². The van der Waals surface area contributed by atoms with Crippen LogP contribution < -0.4 is 15.5 Å². The van der Waals surface area contributed by atoms with E-state index in [1.54, 1.807) is 6.20 Å². The van der Waals surface area contributed by atoms with Crippen molar-refractivity contribution in [3.05, 3.63) is 71.4 Å². The Labute approximate surface area is 165 Å². The lowest BCUT2D eigenvalue weighted by Crippen LogP contribution is -2.21. The van der Waals surface area contributed by atoms with Crippen molar-refractivity contribution in [3.8, 4) is 0 Å². The van der Waals surface area contributed by atoms with Crippen molar-refractivity contribution in [3.63, 3.8) is 0 Å². The quantitative estimate of drug-likeness (QED) is 0.552. The molecule has 2 aromatic carbocycles. The fourth-order valence-corrected chi connectivity index (χ4v) is 2.92. The number of nitrogens with one attached hydrogen (secondary N) is 2. The van der Waals surface area contributed by atoms with E-state index in [0.29, 0.717) is 12.5 Å². The monoisotopic (exact) mass is 381 g/mol. The van der Waals surface area contributed by atoms with Crippen molar-refractivity contribution < 1.29 is 0 Å². The lowest BCUT2D eigenvalue weighted by atomic mass is 10.2. The average molecular weight is 382 g/mol. The van der Waals surface area contributed by atoms with Gasteiger partial charge in [0, 0.05) is 42.2 Å². The largest absolute Gasteiger partial charge is 0.372 e. The summed E-state index contributed by atoms with van der Waals surface area (Å²) in [6, 6.07) is 17.9. The third-order valence-electron chi connectivity index (χ3n) is 4.29. The molecule has 1 aromatic heterocycles. The van der Waals surface area contributed by atoms with E-state index < -0.39 is 0 Å². The Morgan fingerprint density at radius 2 is 1.63 bits per heavy atom. The van der Waals surface area contributed by atoms with Crippen molar-refractivity contribution in [1.82, 2.24) is 9.97 Å². The molecule has 0 aliphatic carbocycles. The van der Waals surface area contributed by atoms with Crippen LogP contribution in [0.25, 0.3) is 0 Å². The third kappa shape index (κ3) is 5.34. The summed E-state index contributed by atoms with van der Waals surface area (Å²) in [5, 5.41) is 7.29. The number of halogens is 1. The van der Waals surface area contributed by atoms with Crippen LogP contribution in [-0.4, -0.2) is 23.1 Å². The van der Waals surface area contributed by atoms with Gasteiger partial charge in [0.25, 0.3) is 0 Å². The standard InChI is InChI=1S/C21H24ClN5/c1-3-27(4-2)19-11-9-18(10-12-19)25-20-13-14-23-21(26-20)24-15-16-5-7-17(22)8-6-16/h5-14H,3-4,15H2,1-2H3,(H2,23,24,25,26). The second-order valence-corrected chi connectivity index (χ2v) is 6.53. The number of nitrogens with zero attached hydrogens (tertiary/aromatic N) is 3. The Bertz CT molecular complexity index is 845. The van der Waals surface area contributed by atoms with Crippen LogP contribution in [-0.2, 0) is 6.54 Å². The van der Waals surface area contributed by atoms with Gasteiger partial charge in [0.1, 0.15) is 5.82 Å². The van der Waals surface area contributed by atoms with Gasteiger partial charge in [0.15, 0.2) is 0 Å². The molecule has 0 fully saturated rings. The number of benzene rings is 2. The first-order valence-corrected chi connectivity index (χ1v) is 9.49. The SMILES string of the molecule is CCN(CC)c1ccc(Nc2ccnc(NCc3ccc(Cl)cc3)n2)cc1. The van der Waals surface area contributed by atoms with Crippen LogP contribution in [0.5, 0.6) is 0 Å². The molecular weight excluding hydrogens is 358 g/mol. The van der Waals surface area contributed by atoms with E-state index in [4.69, 9.17) is 11.6 Å². The van der Waals surface area contributed by atoms with Gasteiger partial charge in [-0.05, 0) is 61.9 Å². The minimum atomic E-state index is 0.578. The summed E-state index contributed by atoms with van der Waals surface area (Å²) >= 11 is 5.91. The van der Waals surface area contributed by atoms with Crippen LogP contribution in [0.2, 0.25) is 5.02 Å². The van der Waals surface area contributed by atoms with Gasteiger partial charge in [-0.2, -0.15) is 4.98 Å². The van der Waals surface area contributed by atoms with Gasteiger partial charge in [-0.15, -0.1) is 0 Å². The van der Waals surface area contributed by atoms with Gasteiger partial charge in [0.05, 0.1) is 0 Å². The Morgan fingerprint density at radius 3 is 2.30 bits per heavy atom. The number of rotatable bonds is 8. The highest BCUT2D eigenvalue weighted by molar-refractivity contribution is 6.30. The van der Waals surface area contributed by atoms with E-state index >= 15 is 0 Å². The first-order valence-electron chi connectivity index (χ1n) is 9.11. The average Bonchev–Trinajstić information content (AvgIpc) is 2.70. The highest BCUT2D eigenvalue weighted by Crippen LogP contribution is 2.20. The molecule has 0 unspecified atom stereocenters. The van der Waals surface area contributed by atoms with E-state index in [1.807, 2.05) is 30.3 Å². The topological polar surface area (TPSA) is 53.1 Å². The first kappa shape index (κ1) is 19.0. The summed E-state index contributed by atoms with van der Waals surface area (Å²) in [6.45, 7) is 6.96. The highest BCUT2D eigenvalue weighted by atomic mass is 35.5. The maximum absolute atomic E-state index is 5.91. The van der Waals surface area contributed by atoms with Crippen LogP contribution in [0.4, 0.5) is 23.1 Å². The first-order chi connectivity index (χ1) is 13.2. The van der Waals surface area contributed by atoms with Gasteiger partial charge in [0.2, 0.25) is 5.95 Å². The molecule has 0 saturated carbocycles. The molecule has 3 aromatic rings. The second kappa shape index (κ2) is 9.24. The molecule has 0 atom stereocenters. The summed E-state index contributed by atoms with van der Waals surface area (Å²) in [5.41, 5.74) is 3.33. The summed E-state index contributed by atoms with van der Waals surface area (Å²) < 4.78 is 0. The zero-order chi connectivity index (χ0) is 19.1. The van der Waals surface area contributed by atoms with Crippen LogP contribution in [0.1, 0.15) is 19.4 Å². The highest BCUT2D eigenvalue weighted by Gasteiger charge is 2.03. The zero-order valence-electron chi connectivity index (χ0n) is 15.6. The Morgan fingerprint density at radius 1 is 0.926 bits per heavy atom. The van der Waals surface area contributed by atoms with Crippen LogP contribution >= 0.6 is 11.6 Å². The molecule has 2 N–H and O–H groups in total. The lowest BCUT2D eigenvalue weighted by molar-refractivity contribution is 0.866. The summed E-state index contributed by atoms with van der Waals surface area (Å²) in [4.78, 5) is 11.1. The van der Waals surface area contributed by atoms with Gasteiger partial charge >= 0.3 is 0 Å². The molecule has 140 valence electrons. The van der Waals surface area contributed by atoms with E-state index in [0.717, 1.165) is 35.2 Å². The lowest BCUT2D eigenvalue weighted by Gasteiger charge is -2.21. The van der Waals surface area contributed by atoms with E-state index in [2.05, 4.69) is 63.6 Å². The van der Waals surface area contributed by atoms with Gasteiger partial charge in [-0.3, -0.25) is 0 Å². The minimum absolute atomic E-state index is 0.578. The summed E-state index contributed by atoms with van der Waals surface area (Å²) in [5.74, 6) is 1.33. The molecule has 0 aliphatic heterocycles. The van der Waals surface area contributed by atoms with Gasteiger partial charge in [-0.25, -0.2) is 4.98 Å². The maximum atomic E-state index is 5.91. The van der Waals surface area contributed by atoms with Crippen molar-refractivity contribution in [2.75, 3.05) is 28.6 Å². The molecule has 27 heavy (non-hydrogen) atoms. The molecule has 0 spiro atoms. The van der Waals surface area contributed by atoms with Crippen molar-refractivity contribution >= 4 is 34.7 Å². The van der Waals surface area contributed by atoms with E-state index in [9.17, 15) is 0 Å². The van der Waals surface area contributed by atoms with Gasteiger partial charge < -0.3 is 15.5 Å². The zero-order valence-corrected chi connectivity index (χ0v) is 16.4. The fourth-order valence-electron chi connectivity index (χ4n) is 2.79. The second-order valence-electron chi connectivity index (χ2n) is 6.09. The van der Waals surface area contributed by atoms with Crippen LogP contribution in [0.15, 0.2) is 60.8 Å². The molecule has 0 bridgehead atoms. The molecule has 1 heterocycles. The number of aromatic nitrogens is 2. The fraction of sp³-hybridized carbons (Fsp3) is 0.238. The molecule has 0 radical (unpaired) electrons. The van der Waals surface area contributed by atoms with E-state index in [1.165, 1.54) is 5.69 Å². The summed E-state index contributed by atoms with van der Waals surface area (Å²) in [7, 11) is 0. The van der Waals surface area contributed by atoms with Crippen molar-refractivity contribution in [1.29, 1.82) is 0 Å². The van der Waals surface area contributed by atoms with Crippen molar-refractivity contribution in [2.24, 2.45) is 0 Å². The molecule has 5 nitrogen and oxygen atoms in total. The van der Waals surface area contributed by atoms with E-state index in [-0.39, 0.29) is 0 Å². The molecule has 0 saturated heterocycles. The molecular formula is C21H24ClN5. The third-order valence-corrected chi connectivity index (χ3v) is 4.54. The van der Waals surface area contributed by atoms with Crippen molar-refractivity contribution in [2.45, 2.75) is 20.4 Å².